The molecular weight excluding hydrogens is 212 g/mol. The molecule has 2 heteroatoms. The minimum Gasteiger partial charge on any atom is -0.497 e. The van der Waals surface area contributed by atoms with E-state index in [1.54, 1.807) is 7.11 Å². The molecule has 0 aliphatic carbocycles. The van der Waals surface area contributed by atoms with Crippen molar-refractivity contribution < 1.29 is 9.84 Å². The third-order valence-electron chi connectivity index (χ3n) is 3.35. The first-order chi connectivity index (χ1) is 8.30. The molecule has 0 spiro atoms. The minimum absolute atomic E-state index is 0.318. The molecule has 1 N–H and O–H groups in total. The molecule has 1 atom stereocenters. The molecule has 0 saturated carbocycles. The SMILES string of the molecule is CCC(CCCO)CCc1ccc(OC)cc1. The summed E-state index contributed by atoms with van der Waals surface area (Å²) in [5, 5.41) is 8.84. The molecule has 0 bridgehead atoms. The van der Waals surface area contributed by atoms with E-state index in [0.717, 1.165) is 30.9 Å². The number of benzene rings is 1. The van der Waals surface area contributed by atoms with Crippen LogP contribution in [0.2, 0.25) is 0 Å². The smallest absolute Gasteiger partial charge is 0.118 e. The Hall–Kier alpha value is -1.02. The standard InChI is InChI=1S/C15H24O2/c1-3-13(5-4-12-16)6-7-14-8-10-15(17-2)11-9-14/h8-11,13,16H,3-7,12H2,1-2H3. The van der Waals surface area contributed by atoms with Gasteiger partial charge in [-0.2, -0.15) is 0 Å². The van der Waals surface area contributed by atoms with E-state index in [2.05, 4.69) is 19.1 Å². The lowest BCUT2D eigenvalue weighted by Gasteiger charge is -2.14. The highest BCUT2D eigenvalue weighted by molar-refractivity contribution is 5.27. The molecule has 0 radical (unpaired) electrons. The molecule has 1 unspecified atom stereocenters. The lowest BCUT2D eigenvalue weighted by Crippen LogP contribution is -2.02. The molecule has 1 rings (SSSR count). The molecule has 1 aromatic carbocycles. The van der Waals surface area contributed by atoms with Crippen LogP contribution in [0.3, 0.4) is 0 Å². The summed E-state index contributed by atoms with van der Waals surface area (Å²) < 4.78 is 5.14. The third-order valence-corrected chi connectivity index (χ3v) is 3.35. The second-order valence-electron chi connectivity index (χ2n) is 4.53. The van der Waals surface area contributed by atoms with Gasteiger partial charge in [0.25, 0.3) is 0 Å². The van der Waals surface area contributed by atoms with Crippen LogP contribution in [-0.2, 0) is 6.42 Å². The van der Waals surface area contributed by atoms with Crippen molar-refractivity contribution in [3.05, 3.63) is 29.8 Å². The molecule has 96 valence electrons. The van der Waals surface area contributed by atoms with E-state index in [-0.39, 0.29) is 0 Å². The molecular formula is C15H24O2. The molecule has 0 saturated heterocycles. The Balaban J connectivity index is 2.36. The monoisotopic (exact) mass is 236 g/mol. The summed E-state index contributed by atoms with van der Waals surface area (Å²) in [4.78, 5) is 0. The van der Waals surface area contributed by atoms with Crippen molar-refractivity contribution in [3.63, 3.8) is 0 Å². The van der Waals surface area contributed by atoms with Crippen molar-refractivity contribution in [2.45, 2.75) is 39.0 Å². The van der Waals surface area contributed by atoms with E-state index in [0.29, 0.717) is 6.61 Å². The molecule has 0 heterocycles. The second kappa shape index (κ2) is 8.13. The van der Waals surface area contributed by atoms with Crippen LogP contribution in [0.5, 0.6) is 5.75 Å². The van der Waals surface area contributed by atoms with Gasteiger partial charge in [0.15, 0.2) is 0 Å². The predicted octanol–water partition coefficient (Wildman–Crippen LogP) is 3.43. The Morgan fingerprint density at radius 2 is 1.88 bits per heavy atom. The van der Waals surface area contributed by atoms with E-state index in [4.69, 9.17) is 9.84 Å². The Bertz CT molecular complexity index is 292. The number of hydrogen-bond acceptors (Lipinski definition) is 2. The van der Waals surface area contributed by atoms with E-state index in [9.17, 15) is 0 Å². The number of ether oxygens (including phenoxy) is 1. The highest BCUT2D eigenvalue weighted by atomic mass is 16.5. The number of aliphatic hydroxyl groups is 1. The fraction of sp³-hybridized carbons (Fsp3) is 0.600. The summed E-state index contributed by atoms with van der Waals surface area (Å²) >= 11 is 0. The van der Waals surface area contributed by atoms with Gasteiger partial charge in [0.1, 0.15) is 5.75 Å². The van der Waals surface area contributed by atoms with Crippen molar-refractivity contribution in [3.8, 4) is 5.75 Å². The highest BCUT2D eigenvalue weighted by Gasteiger charge is 2.06. The van der Waals surface area contributed by atoms with Crippen molar-refractivity contribution in [1.82, 2.24) is 0 Å². The average molecular weight is 236 g/mol. The number of rotatable bonds is 8. The van der Waals surface area contributed by atoms with Gasteiger partial charge >= 0.3 is 0 Å². The number of aryl methyl sites for hydroxylation is 1. The normalized spacial score (nSPS) is 12.4. The minimum atomic E-state index is 0.318. The van der Waals surface area contributed by atoms with Crippen molar-refractivity contribution in [2.24, 2.45) is 5.92 Å². The van der Waals surface area contributed by atoms with Gasteiger partial charge in [-0.3, -0.25) is 0 Å². The molecule has 0 aliphatic rings. The lowest BCUT2D eigenvalue weighted by atomic mass is 9.93. The maximum atomic E-state index is 8.84. The van der Waals surface area contributed by atoms with Gasteiger partial charge in [-0.25, -0.2) is 0 Å². The second-order valence-corrected chi connectivity index (χ2v) is 4.53. The first-order valence-electron chi connectivity index (χ1n) is 6.54. The zero-order valence-electron chi connectivity index (χ0n) is 11.0. The third kappa shape index (κ3) is 5.22. The van der Waals surface area contributed by atoms with Crippen LogP contribution >= 0.6 is 0 Å². The summed E-state index contributed by atoms with van der Waals surface area (Å²) in [7, 11) is 1.69. The van der Waals surface area contributed by atoms with Crippen LogP contribution in [0.15, 0.2) is 24.3 Å². The zero-order valence-corrected chi connectivity index (χ0v) is 11.0. The Morgan fingerprint density at radius 1 is 1.18 bits per heavy atom. The first-order valence-corrected chi connectivity index (χ1v) is 6.54. The van der Waals surface area contributed by atoms with Gasteiger partial charge in [-0.05, 0) is 49.3 Å². The van der Waals surface area contributed by atoms with Crippen molar-refractivity contribution in [2.75, 3.05) is 13.7 Å². The van der Waals surface area contributed by atoms with Gasteiger partial charge in [-0.15, -0.1) is 0 Å². The molecule has 17 heavy (non-hydrogen) atoms. The van der Waals surface area contributed by atoms with Crippen LogP contribution < -0.4 is 4.74 Å². The van der Waals surface area contributed by atoms with Gasteiger partial charge in [-0.1, -0.05) is 25.5 Å². The van der Waals surface area contributed by atoms with E-state index in [1.165, 1.54) is 18.4 Å². The fourth-order valence-electron chi connectivity index (χ4n) is 2.10. The zero-order chi connectivity index (χ0) is 12.5. The number of hydrogen-bond donors (Lipinski definition) is 1. The van der Waals surface area contributed by atoms with E-state index >= 15 is 0 Å². The fourth-order valence-corrected chi connectivity index (χ4v) is 2.10. The maximum Gasteiger partial charge on any atom is 0.118 e. The average Bonchev–Trinajstić information content (AvgIpc) is 2.39. The van der Waals surface area contributed by atoms with Crippen LogP contribution in [0.4, 0.5) is 0 Å². The van der Waals surface area contributed by atoms with Crippen molar-refractivity contribution in [1.29, 1.82) is 0 Å². The van der Waals surface area contributed by atoms with Gasteiger partial charge < -0.3 is 9.84 Å². The van der Waals surface area contributed by atoms with E-state index in [1.807, 2.05) is 12.1 Å². The van der Waals surface area contributed by atoms with Crippen LogP contribution in [0.25, 0.3) is 0 Å². The number of methoxy groups -OCH3 is 1. The maximum absolute atomic E-state index is 8.84. The van der Waals surface area contributed by atoms with Gasteiger partial charge in [0.05, 0.1) is 7.11 Å². The summed E-state index contributed by atoms with van der Waals surface area (Å²) in [5.41, 5.74) is 1.37. The predicted molar refractivity (Wildman–Crippen MR) is 71.4 cm³/mol. The Labute approximate surface area is 105 Å². The molecule has 0 aliphatic heterocycles. The Kier molecular flexibility index (Phi) is 6.71. The molecule has 2 nitrogen and oxygen atoms in total. The Morgan fingerprint density at radius 3 is 2.41 bits per heavy atom. The quantitative estimate of drug-likeness (QED) is 0.749. The summed E-state index contributed by atoms with van der Waals surface area (Å²) in [6.45, 7) is 2.55. The summed E-state index contributed by atoms with van der Waals surface area (Å²) in [6.07, 6.45) is 5.61. The molecule has 1 aromatic rings. The van der Waals surface area contributed by atoms with E-state index < -0.39 is 0 Å². The van der Waals surface area contributed by atoms with Gasteiger partial charge in [0.2, 0.25) is 0 Å². The summed E-state index contributed by atoms with van der Waals surface area (Å²) in [5.74, 6) is 1.66. The van der Waals surface area contributed by atoms with Crippen LogP contribution in [0, 0.1) is 5.92 Å². The molecule has 0 fully saturated rings. The number of aliphatic hydroxyl groups excluding tert-OH is 1. The lowest BCUT2D eigenvalue weighted by molar-refractivity contribution is 0.267. The van der Waals surface area contributed by atoms with Crippen LogP contribution in [-0.4, -0.2) is 18.8 Å². The van der Waals surface area contributed by atoms with Crippen molar-refractivity contribution >= 4 is 0 Å². The van der Waals surface area contributed by atoms with Gasteiger partial charge in [0, 0.05) is 6.61 Å². The highest BCUT2D eigenvalue weighted by Crippen LogP contribution is 2.19. The summed E-state index contributed by atoms with van der Waals surface area (Å²) in [6, 6.07) is 8.31. The topological polar surface area (TPSA) is 29.5 Å². The van der Waals surface area contributed by atoms with Crippen LogP contribution in [0.1, 0.15) is 38.2 Å². The first kappa shape index (κ1) is 14.0. The molecule has 0 aromatic heterocycles. The molecule has 0 amide bonds. The largest absolute Gasteiger partial charge is 0.497 e.